The quantitative estimate of drug-likeness (QED) is 0.650. The molecule has 3 aromatic rings. The number of anilines is 1. The van der Waals surface area contributed by atoms with E-state index in [2.05, 4.69) is 15.5 Å². The number of nitrogens with zero attached hydrogens (tertiary/aromatic N) is 2. The Bertz CT molecular complexity index is 910. The zero-order valence-electron chi connectivity index (χ0n) is 13.0. The van der Waals surface area contributed by atoms with E-state index in [-0.39, 0.29) is 24.4 Å². The fourth-order valence-electron chi connectivity index (χ4n) is 2.13. The summed E-state index contributed by atoms with van der Waals surface area (Å²) >= 11 is 7.00. The molecule has 136 valence electrons. The van der Waals surface area contributed by atoms with Crippen LogP contribution in [0.4, 0.5) is 18.9 Å². The van der Waals surface area contributed by atoms with Crippen LogP contribution in [0.25, 0.3) is 10.7 Å². The van der Waals surface area contributed by atoms with E-state index in [4.69, 9.17) is 16.1 Å². The number of aryl methyl sites for hydroxylation is 1. The number of amides is 1. The molecule has 0 atom stereocenters. The summed E-state index contributed by atoms with van der Waals surface area (Å²) in [4.78, 5) is 17.0. The number of carbonyl (C=O) groups excluding carboxylic acids is 1. The van der Waals surface area contributed by atoms with Gasteiger partial charge in [0.25, 0.3) is 0 Å². The van der Waals surface area contributed by atoms with Gasteiger partial charge in [0.15, 0.2) is 0 Å². The number of alkyl halides is 3. The van der Waals surface area contributed by atoms with Crippen molar-refractivity contribution in [2.45, 2.75) is 19.0 Å². The number of carbonyl (C=O) groups is 1. The van der Waals surface area contributed by atoms with Gasteiger partial charge < -0.3 is 9.84 Å². The van der Waals surface area contributed by atoms with E-state index in [0.717, 1.165) is 17.0 Å². The van der Waals surface area contributed by atoms with Crippen LogP contribution in [0.15, 0.2) is 40.2 Å². The van der Waals surface area contributed by atoms with Crippen LogP contribution < -0.4 is 5.32 Å². The summed E-state index contributed by atoms with van der Waals surface area (Å²) in [6, 6.07) is 6.87. The van der Waals surface area contributed by atoms with Gasteiger partial charge in [-0.3, -0.25) is 4.79 Å². The number of benzene rings is 1. The van der Waals surface area contributed by atoms with Gasteiger partial charge in [0.2, 0.25) is 17.6 Å². The molecule has 0 aliphatic carbocycles. The average molecular weight is 402 g/mol. The van der Waals surface area contributed by atoms with Gasteiger partial charge in [-0.05, 0) is 29.6 Å². The molecule has 0 fully saturated rings. The van der Waals surface area contributed by atoms with Crippen molar-refractivity contribution in [2.75, 3.05) is 5.32 Å². The summed E-state index contributed by atoms with van der Waals surface area (Å²) in [5, 5.41) is 7.67. The van der Waals surface area contributed by atoms with Gasteiger partial charge in [-0.2, -0.15) is 18.2 Å². The number of halogens is 4. The summed E-state index contributed by atoms with van der Waals surface area (Å²) in [5.41, 5.74) is -0.994. The molecule has 0 radical (unpaired) electrons. The molecule has 0 saturated heterocycles. The van der Waals surface area contributed by atoms with E-state index in [0.29, 0.717) is 5.82 Å². The van der Waals surface area contributed by atoms with Crippen LogP contribution in [0.3, 0.4) is 0 Å². The first-order valence-electron chi connectivity index (χ1n) is 7.36. The van der Waals surface area contributed by atoms with Crippen LogP contribution in [0.1, 0.15) is 17.9 Å². The van der Waals surface area contributed by atoms with Gasteiger partial charge in [-0.15, -0.1) is 11.3 Å². The smallest absolute Gasteiger partial charge is 0.339 e. The summed E-state index contributed by atoms with van der Waals surface area (Å²) in [6.07, 6.45) is -4.44. The van der Waals surface area contributed by atoms with Gasteiger partial charge in [-0.25, -0.2) is 0 Å². The SMILES string of the molecule is O=C(CCc1nc(-c2cccs2)no1)Nc1ccc(Cl)c(C(F)(F)F)c1. The van der Waals surface area contributed by atoms with Gasteiger partial charge in [-0.1, -0.05) is 22.8 Å². The van der Waals surface area contributed by atoms with E-state index in [1.54, 1.807) is 0 Å². The maximum atomic E-state index is 12.8. The van der Waals surface area contributed by atoms with E-state index in [9.17, 15) is 18.0 Å². The predicted molar refractivity (Wildman–Crippen MR) is 91.0 cm³/mol. The Morgan fingerprint density at radius 3 is 2.81 bits per heavy atom. The number of nitrogens with one attached hydrogen (secondary N) is 1. The Labute approximate surface area is 154 Å². The first kappa shape index (κ1) is 18.4. The highest BCUT2D eigenvalue weighted by molar-refractivity contribution is 7.13. The van der Waals surface area contributed by atoms with Crippen molar-refractivity contribution in [3.05, 3.63) is 52.2 Å². The zero-order valence-corrected chi connectivity index (χ0v) is 14.6. The molecule has 10 heteroatoms. The van der Waals surface area contributed by atoms with Crippen molar-refractivity contribution >= 4 is 34.5 Å². The molecule has 0 aliphatic rings. The van der Waals surface area contributed by atoms with E-state index in [1.165, 1.54) is 17.4 Å². The largest absolute Gasteiger partial charge is 0.417 e. The lowest BCUT2D eigenvalue weighted by Crippen LogP contribution is -2.14. The Hall–Kier alpha value is -2.39. The highest BCUT2D eigenvalue weighted by Gasteiger charge is 2.33. The van der Waals surface area contributed by atoms with Crippen LogP contribution >= 0.6 is 22.9 Å². The minimum Gasteiger partial charge on any atom is -0.339 e. The topological polar surface area (TPSA) is 68.0 Å². The van der Waals surface area contributed by atoms with Gasteiger partial charge in [0.05, 0.1) is 15.5 Å². The van der Waals surface area contributed by atoms with Crippen molar-refractivity contribution in [3.8, 4) is 10.7 Å². The first-order chi connectivity index (χ1) is 12.3. The number of thiophene rings is 1. The van der Waals surface area contributed by atoms with Gasteiger partial charge in [0.1, 0.15) is 0 Å². The van der Waals surface area contributed by atoms with Crippen LogP contribution in [0.2, 0.25) is 5.02 Å². The molecule has 0 bridgehead atoms. The third kappa shape index (κ3) is 4.41. The molecule has 5 nitrogen and oxygen atoms in total. The lowest BCUT2D eigenvalue weighted by molar-refractivity contribution is -0.137. The molecule has 0 unspecified atom stereocenters. The molecule has 26 heavy (non-hydrogen) atoms. The highest BCUT2D eigenvalue weighted by Crippen LogP contribution is 2.36. The standard InChI is InChI=1S/C16H11ClF3N3O2S/c17-11-4-3-9(8-10(11)16(18,19)20)21-13(24)5-6-14-22-15(23-25-14)12-2-1-7-26-12/h1-4,7-8H,5-6H2,(H,21,24). The number of aromatic nitrogens is 2. The van der Waals surface area contributed by atoms with E-state index < -0.39 is 22.7 Å². The van der Waals surface area contributed by atoms with Gasteiger partial charge >= 0.3 is 6.18 Å². The lowest BCUT2D eigenvalue weighted by atomic mass is 10.2. The van der Waals surface area contributed by atoms with E-state index in [1.807, 2.05) is 17.5 Å². The Kier molecular flexibility index (Phi) is 5.28. The monoisotopic (exact) mass is 401 g/mol. The number of rotatable bonds is 5. The fraction of sp³-hybridized carbons (Fsp3) is 0.188. The second-order valence-corrected chi connectivity index (χ2v) is 6.58. The predicted octanol–water partition coefficient (Wildman–Crippen LogP) is 5.04. The molecule has 2 heterocycles. The minimum atomic E-state index is -4.60. The fourth-order valence-corrected chi connectivity index (χ4v) is 3.00. The summed E-state index contributed by atoms with van der Waals surface area (Å²) in [7, 11) is 0. The van der Waals surface area contributed by atoms with Crippen LogP contribution in [0, 0.1) is 0 Å². The normalized spacial score (nSPS) is 11.5. The Balaban J connectivity index is 1.60. The maximum Gasteiger partial charge on any atom is 0.417 e. The zero-order chi connectivity index (χ0) is 18.7. The van der Waals surface area contributed by atoms with Crippen LogP contribution in [-0.4, -0.2) is 16.0 Å². The second-order valence-electron chi connectivity index (χ2n) is 5.23. The van der Waals surface area contributed by atoms with Crippen LogP contribution in [-0.2, 0) is 17.4 Å². The van der Waals surface area contributed by atoms with Gasteiger partial charge in [0, 0.05) is 18.5 Å². The van der Waals surface area contributed by atoms with Crippen molar-refractivity contribution in [1.29, 1.82) is 0 Å². The summed E-state index contributed by atoms with van der Waals surface area (Å²) < 4.78 is 43.6. The summed E-state index contributed by atoms with van der Waals surface area (Å²) in [6.45, 7) is 0. The highest BCUT2D eigenvalue weighted by atomic mass is 35.5. The Morgan fingerprint density at radius 1 is 1.31 bits per heavy atom. The second kappa shape index (κ2) is 7.46. The molecule has 0 spiro atoms. The third-order valence-corrected chi connectivity index (χ3v) is 4.53. The number of hydrogen-bond donors (Lipinski definition) is 1. The molecule has 3 rings (SSSR count). The molecular formula is C16H11ClF3N3O2S. The molecule has 2 aromatic heterocycles. The van der Waals surface area contributed by atoms with Crippen LogP contribution in [0.5, 0.6) is 0 Å². The average Bonchev–Trinajstić information content (AvgIpc) is 3.25. The lowest BCUT2D eigenvalue weighted by Gasteiger charge is -2.11. The molecule has 1 amide bonds. The Morgan fingerprint density at radius 2 is 2.12 bits per heavy atom. The summed E-state index contributed by atoms with van der Waals surface area (Å²) in [5.74, 6) is 0.231. The molecule has 1 aromatic carbocycles. The van der Waals surface area contributed by atoms with Crippen molar-refractivity contribution in [3.63, 3.8) is 0 Å². The number of hydrogen-bond acceptors (Lipinski definition) is 5. The molecule has 1 N–H and O–H groups in total. The molecule has 0 saturated carbocycles. The van der Waals surface area contributed by atoms with Crippen molar-refractivity contribution in [1.82, 2.24) is 10.1 Å². The third-order valence-electron chi connectivity index (χ3n) is 3.33. The molecular weight excluding hydrogens is 391 g/mol. The van der Waals surface area contributed by atoms with Crippen molar-refractivity contribution in [2.24, 2.45) is 0 Å². The minimum absolute atomic E-state index is 0.0107. The van der Waals surface area contributed by atoms with Crippen molar-refractivity contribution < 1.29 is 22.5 Å². The molecule has 0 aliphatic heterocycles. The maximum absolute atomic E-state index is 12.8. The van der Waals surface area contributed by atoms with E-state index >= 15 is 0 Å². The first-order valence-corrected chi connectivity index (χ1v) is 8.62.